The lowest BCUT2D eigenvalue weighted by Crippen LogP contribution is -2.40. The predicted octanol–water partition coefficient (Wildman–Crippen LogP) is 6.44. The van der Waals surface area contributed by atoms with Gasteiger partial charge in [-0.2, -0.15) is 0 Å². The molecule has 2 aliphatic rings. The van der Waals surface area contributed by atoms with Gasteiger partial charge in [0, 0.05) is 16.6 Å². The first-order valence-corrected chi connectivity index (χ1v) is 12.4. The minimum atomic E-state index is -0.641. The van der Waals surface area contributed by atoms with Crippen molar-refractivity contribution in [2.75, 3.05) is 6.61 Å². The second-order valence-corrected chi connectivity index (χ2v) is 10.2. The lowest BCUT2D eigenvalue weighted by Gasteiger charge is -2.35. The number of aliphatic hydroxyl groups excluding tert-OH is 1. The van der Waals surface area contributed by atoms with Crippen LogP contribution in [0, 0.1) is 12.8 Å². The Hall–Kier alpha value is -2.79. The molecule has 1 saturated heterocycles. The van der Waals surface area contributed by atoms with Gasteiger partial charge in [-0.05, 0) is 67.1 Å². The lowest BCUT2D eigenvalue weighted by molar-refractivity contribution is -0.141. The van der Waals surface area contributed by atoms with Crippen LogP contribution in [0.1, 0.15) is 68.7 Å². The summed E-state index contributed by atoms with van der Waals surface area (Å²) in [5.41, 5.74) is 2.25. The van der Waals surface area contributed by atoms with Crippen LogP contribution in [-0.2, 0) is 9.59 Å². The smallest absolute Gasteiger partial charge is 0.295 e. The van der Waals surface area contributed by atoms with E-state index in [4.69, 9.17) is 16.3 Å². The van der Waals surface area contributed by atoms with Gasteiger partial charge < -0.3 is 14.7 Å². The van der Waals surface area contributed by atoms with Gasteiger partial charge in [0.1, 0.15) is 11.5 Å². The molecule has 1 N–H and O–H groups in total. The molecule has 2 aromatic rings. The molecule has 1 unspecified atom stereocenters. The number of amides is 1. The molecule has 1 amide bonds. The van der Waals surface area contributed by atoms with E-state index in [0.29, 0.717) is 23.1 Å². The molecule has 0 bridgehead atoms. The van der Waals surface area contributed by atoms with E-state index in [1.165, 1.54) is 0 Å². The molecule has 2 fully saturated rings. The highest BCUT2D eigenvalue weighted by atomic mass is 35.5. The predicted molar refractivity (Wildman–Crippen MR) is 134 cm³/mol. The Kier molecular flexibility index (Phi) is 7.32. The fourth-order valence-corrected chi connectivity index (χ4v) is 5.05. The lowest BCUT2D eigenvalue weighted by atomic mass is 9.91. The van der Waals surface area contributed by atoms with Gasteiger partial charge in [-0.3, -0.25) is 9.59 Å². The molecule has 1 aliphatic carbocycles. The van der Waals surface area contributed by atoms with Crippen molar-refractivity contribution in [3.8, 4) is 5.75 Å². The number of halogens is 1. The zero-order valence-electron chi connectivity index (χ0n) is 20.0. The second-order valence-electron chi connectivity index (χ2n) is 9.73. The van der Waals surface area contributed by atoms with Gasteiger partial charge in [-0.1, -0.05) is 56.8 Å². The van der Waals surface area contributed by atoms with Crippen LogP contribution in [0.2, 0.25) is 5.02 Å². The molecule has 0 spiro atoms. The third-order valence-corrected chi connectivity index (χ3v) is 6.91. The van der Waals surface area contributed by atoms with Gasteiger partial charge in [0.15, 0.2) is 0 Å². The number of hydrogen-bond acceptors (Lipinski definition) is 4. The molecule has 0 radical (unpaired) electrons. The van der Waals surface area contributed by atoms with Crippen molar-refractivity contribution >= 4 is 29.1 Å². The van der Waals surface area contributed by atoms with Gasteiger partial charge in [-0.15, -0.1) is 0 Å². The summed E-state index contributed by atoms with van der Waals surface area (Å²) in [7, 11) is 0. The highest BCUT2D eigenvalue weighted by Crippen LogP contribution is 2.43. The number of benzene rings is 2. The molecule has 2 aromatic carbocycles. The second kappa shape index (κ2) is 10.2. The van der Waals surface area contributed by atoms with Crippen LogP contribution in [0.25, 0.3) is 5.76 Å². The monoisotopic (exact) mass is 481 g/mol. The van der Waals surface area contributed by atoms with Crippen molar-refractivity contribution in [3.05, 3.63) is 69.8 Å². The molecule has 1 atom stereocenters. The Morgan fingerprint density at radius 3 is 2.38 bits per heavy atom. The standard InChI is InChI=1S/C28H32ClNO4/c1-17(2)16-34-23-14-11-20(15-18(23)3)26(31)24-25(19-9-12-21(29)13-10-19)30(28(33)27(24)32)22-7-5-4-6-8-22/h9-15,17,22,25,31H,4-8,16H2,1-3H3/b26-24-. The van der Waals surface area contributed by atoms with Crippen molar-refractivity contribution in [3.63, 3.8) is 0 Å². The quantitative estimate of drug-likeness (QED) is 0.293. The van der Waals surface area contributed by atoms with E-state index in [2.05, 4.69) is 13.8 Å². The molecular weight excluding hydrogens is 450 g/mol. The number of likely N-dealkylation sites (tertiary alicyclic amines) is 1. The van der Waals surface area contributed by atoms with Gasteiger partial charge >= 0.3 is 0 Å². The third-order valence-electron chi connectivity index (χ3n) is 6.65. The van der Waals surface area contributed by atoms with E-state index in [0.717, 1.165) is 49.0 Å². The SMILES string of the molecule is Cc1cc(/C(O)=C2/C(=O)C(=O)N(C3CCCCC3)C2c2ccc(Cl)cc2)ccc1OCC(C)C. The van der Waals surface area contributed by atoms with Crippen LogP contribution in [0.15, 0.2) is 48.0 Å². The summed E-state index contributed by atoms with van der Waals surface area (Å²) in [5, 5.41) is 11.9. The number of nitrogens with zero attached hydrogens (tertiary/aromatic N) is 1. The molecular formula is C28H32ClNO4. The van der Waals surface area contributed by atoms with Gasteiger partial charge in [0.05, 0.1) is 18.2 Å². The summed E-state index contributed by atoms with van der Waals surface area (Å²) < 4.78 is 5.86. The van der Waals surface area contributed by atoms with E-state index in [9.17, 15) is 14.7 Å². The Balaban J connectivity index is 1.78. The summed E-state index contributed by atoms with van der Waals surface area (Å²) in [4.78, 5) is 28.2. The van der Waals surface area contributed by atoms with Crippen molar-refractivity contribution < 1.29 is 19.4 Å². The number of ketones is 1. The zero-order chi connectivity index (χ0) is 24.4. The molecule has 1 saturated carbocycles. The van der Waals surface area contributed by atoms with Crippen molar-refractivity contribution in [1.29, 1.82) is 0 Å². The Morgan fingerprint density at radius 1 is 1.09 bits per heavy atom. The topological polar surface area (TPSA) is 66.8 Å². The molecule has 5 nitrogen and oxygen atoms in total. The van der Waals surface area contributed by atoms with Crippen LogP contribution in [-0.4, -0.2) is 34.3 Å². The molecule has 1 heterocycles. The number of aliphatic hydroxyl groups is 1. The normalized spacial score (nSPS) is 20.9. The maximum Gasteiger partial charge on any atom is 0.295 e. The summed E-state index contributed by atoms with van der Waals surface area (Å²) >= 11 is 6.11. The summed E-state index contributed by atoms with van der Waals surface area (Å²) in [5.74, 6) is -0.206. The minimum Gasteiger partial charge on any atom is -0.507 e. The number of hydrogen-bond donors (Lipinski definition) is 1. The van der Waals surface area contributed by atoms with Crippen LogP contribution < -0.4 is 4.74 Å². The van der Waals surface area contributed by atoms with Gasteiger partial charge in [-0.25, -0.2) is 0 Å². The summed E-state index contributed by atoms with van der Waals surface area (Å²) in [6.07, 6.45) is 4.91. The summed E-state index contributed by atoms with van der Waals surface area (Å²) in [6, 6.07) is 11.9. The average Bonchev–Trinajstić information content (AvgIpc) is 3.09. The fraction of sp³-hybridized carbons (Fsp3) is 0.429. The minimum absolute atomic E-state index is 0.0234. The number of aryl methyl sites for hydroxylation is 1. The number of ether oxygens (including phenoxy) is 1. The van der Waals surface area contributed by atoms with Crippen LogP contribution >= 0.6 is 11.6 Å². The van der Waals surface area contributed by atoms with Crippen molar-refractivity contribution in [2.24, 2.45) is 5.92 Å². The fourth-order valence-electron chi connectivity index (χ4n) is 4.93. The van der Waals surface area contributed by atoms with E-state index >= 15 is 0 Å². The zero-order valence-corrected chi connectivity index (χ0v) is 20.8. The molecule has 4 rings (SSSR count). The van der Waals surface area contributed by atoms with E-state index in [1.807, 2.05) is 19.1 Å². The van der Waals surface area contributed by atoms with Gasteiger partial charge in [0.2, 0.25) is 0 Å². The van der Waals surface area contributed by atoms with Crippen molar-refractivity contribution in [1.82, 2.24) is 4.90 Å². The molecule has 180 valence electrons. The highest BCUT2D eigenvalue weighted by molar-refractivity contribution is 6.46. The Bertz CT molecular complexity index is 1100. The Labute approximate surface area is 206 Å². The maximum absolute atomic E-state index is 13.3. The summed E-state index contributed by atoms with van der Waals surface area (Å²) in [6.45, 7) is 6.66. The van der Waals surface area contributed by atoms with Crippen LogP contribution in [0.3, 0.4) is 0 Å². The van der Waals surface area contributed by atoms with Gasteiger partial charge in [0.25, 0.3) is 11.7 Å². The first-order valence-electron chi connectivity index (χ1n) is 12.1. The largest absolute Gasteiger partial charge is 0.507 e. The molecule has 0 aromatic heterocycles. The average molecular weight is 482 g/mol. The van der Waals surface area contributed by atoms with Crippen LogP contribution in [0.4, 0.5) is 0 Å². The first kappa shape index (κ1) is 24.3. The first-order chi connectivity index (χ1) is 16.3. The molecule has 6 heteroatoms. The number of rotatable bonds is 6. The number of Topliss-reactive ketones (excluding diaryl/α,β-unsaturated/α-hetero) is 1. The molecule has 34 heavy (non-hydrogen) atoms. The number of carbonyl (C=O) groups is 2. The molecule has 1 aliphatic heterocycles. The third kappa shape index (κ3) is 4.85. The van der Waals surface area contributed by atoms with E-state index < -0.39 is 17.7 Å². The van der Waals surface area contributed by atoms with E-state index in [1.54, 1.807) is 35.2 Å². The van der Waals surface area contributed by atoms with Crippen molar-refractivity contribution in [2.45, 2.75) is 65.0 Å². The highest BCUT2D eigenvalue weighted by Gasteiger charge is 2.48. The van der Waals surface area contributed by atoms with E-state index in [-0.39, 0.29) is 17.4 Å². The number of carbonyl (C=O) groups excluding carboxylic acids is 2. The Morgan fingerprint density at radius 2 is 1.76 bits per heavy atom. The maximum atomic E-state index is 13.3. The van der Waals surface area contributed by atoms with Crippen LogP contribution in [0.5, 0.6) is 5.75 Å².